The Labute approximate surface area is 191 Å². The zero-order valence-corrected chi connectivity index (χ0v) is 18.9. The van der Waals surface area contributed by atoms with E-state index in [4.69, 9.17) is 14.4 Å². The number of carboxylic acids is 1. The number of fused-ring (bicyclic) bond motifs is 2. The average molecular weight is 478 g/mol. The third-order valence-corrected chi connectivity index (χ3v) is 6.74. The van der Waals surface area contributed by atoms with Crippen LogP contribution >= 0.6 is 11.3 Å². The summed E-state index contributed by atoms with van der Waals surface area (Å²) in [6, 6.07) is 7.44. The molecule has 0 fully saturated rings. The van der Waals surface area contributed by atoms with Crippen LogP contribution in [0.5, 0.6) is 5.75 Å². The van der Waals surface area contributed by atoms with E-state index in [1.165, 1.54) is 17.4 Å². The van der Waals surface area contributed by atoms with Gasteiger partial charge in [0, 0.05) is 21.0 Å². The zero-order valence-electron chi connectivity index (χ0n) is 18.1. The molecule has 0 atom stereocenters. The molecular formula is C24H22F3NO4S. The monoisotopic (exact) mass is 477 g/mol. The number of alkyl halides is 3. The lowest BCUT2D eigenvalue weighted by Gasteiger charge is -2.07. The fraction of sp³-hybridized carbons (Fsp3) is 0.333. The number of aliphatic carboxylic acids is 1. The van der Waals surface area contributed by atoms with Gasteiger partial charge in [-0.25, -0.2) is 4.79 Å². The maximum absolute atomic E-state index is 13.2. The van der Waals surface area contributed by atoms with Gasteiger partial charge in [0.1, 0.15) is 5.75 Å². The zero-order chi connectivity index (χ0) is 23.8. The first kappa shape index (κ1) is 23.1. The molecule has 5 nitrogen and oxygen atoms in total. The van der Waals surface area contributed by atoms with Crippen LogP contribution in [0.3, 0.4) is 0 Å². The lowest BCUT2D eigenvalue weighted by molar-refractivity contribution is -0.139. The molecule has 1 N–H and O–H groups in total. The molecule has 0 unspecified atom stereocenters. The molecule has 9 heteroatoms. The van der Waals surface area contributed by atoms with Gasteiger partial charge in [0.25, 0.3) is 0 Å². The fourth-order valence-electron chi connectivity index (χ4n) is 3.93. The van der Waals surface area contributed by atoms with Crippen LogP contribution < -0.4 is 4.74 Å². The molecule has 0 amide bonds. The second-order valence-corrected chi connectivity index (χ2v) is 9.02. The van der Waals surface area contributed by atoms with E-state index in [1.54, 1.807) is 12.1 Å². The molecule has 0 aliphatic rings. The van der Waals surface area contributed by atoms with Gasteiger partial charge in [-0.2, -0.15) is 13.2 Å². The molecule has 4 aromatic rings. The molecule has 2 heterocycles. The lowest BCUT2D eigenvalue weighted by atomic mass is 10.0. The number of nitrogens with zero attached hydrogens (tertiary/aromatic N) is 1. The van der Waals surface area contributed by atoms with Crippen molar-refractivity contribution in [3.63, 3.8) is 0 Å². The van der Waals surface area contributed by atoms with Crippen molar-refractivity contribution in [2.45, 2.75) is 45.7 Å². The Bertz CT molecular complexity index is 1320. The number of carbonyl (C=O) groups is 1. The minimum atomic E-state index is -4.37. The van der Waals surface area contributed by atoms with E-state index in [9.17, 15) is 18.0 Å². The van der Waals surface area contributed by atoms with Crippen LogP contribution in [-0.4, -0.2) is 22.8 Å². The number of aryl methyl sites for hydroxylation is 4. The molecule has 0 radical (unpaired) electrons. The quantitative estimate of drug-likeness (QED) is 0.311. The average Bonchev–Trinajstić information content (AvgIpc) is 3.30. The summed E-state index contributed by atoms with van der Waals surface area (Å²) in [4.78, 5) is 11.8. The van der Waals surface area contributed by atoms with Crippen molar-refractivity contribution in [3.05, 3.63) is 57.6 Å². The van der Waals surface area contributed by atoms with Gasteiger partial charge in [-0.05, 0) is 60.9 Å². The highest BCUT2D eigenvalue weighted by molar-refractivity contribution is 7.19. The van der Waals surface area contributed by atoms with E-state index in [2.05, 4.69) is 12.1 Å². The SMILES string of the molecule is CCCc1c(CCc2noc3cc(OCC(=O)O)c(C)cc23)sc2cc(C(F)(F)F)ccc12. The molecule has 0 aliphatic carbocycles. The standard InChI is InChI=1S/C24H22F3NO4S/c1-3-4-15-16-6-5-14(24(25,26)27)10-22(16)33-21(15)8-7-18-17-9-13(2)19(31-12-23(29)30)11-20(17)32-28-18/h5-6,9-11H,3-4,7-8,12H2,1-2H3,(H,29,30). The van der Waals surface area contributed by atoms with Crippen LogP contribution in [0.15, 0.2) is 34.9 Å². The summed E-state index contributed by atoms with van der Waals surface area (Å²) in [5.41, 5.74) is 2.47. The highest BCUT2D eigenvalue weighted by Gasteiger charge is 2.31. The van der Waals surface area contributed by atoms with Crippen LogP contribution in [0.25, 0.3) is 21.1 Å². The topological polar surface area (TPSA) is 72.6 Å². The first-order valence-corrected chi connectivity index (χ1v) is 11.3. The maximum atomic E-state index is 13.2. The first-order valence-electron chi connectivity index (χ1n) is 10.5. The van der Waals surface area contributed by atoms with E-state index in [0.717, 1.165) is 51.4 Å². The largest absolute Gasteiger partial charge is 0.481 e. The lowest BCUT2D eigenvalue weighted by Crippen LogP contribution is -2.10. The van der Waals surface area contributed by atoms with Crippen LogP contribution in [0.4, 0.5) is 13.2 Å². The van der Waals surface area contributed by atoms with E-state index in [-0.39, 0.29) is 0 Å². The molecule has 4 rings (SSSR count). The highest BCUT2D eigenvalue weighted by atomic mass is 32.1. The molecule has 2 aromatic carbocycles. The smallest absolute Gasteiger partial charge is 0.416 e. The summed E-state index contributed by atoms with van der Waals surface area (Å²) in [5, 5.41) is 14.7. The van der Waals surface area contributed by atoms with Crippen molar-refractivity contribution in [1.82, 2.24) is 5.16 Å². The Morgan fingerprint density at radius 3 is 2.64 bits per heavy atom. The first-order chi connectivity index (χ1) is 15.7. The Kier molecular flexibility index (Phi) is 6.34. The summed E-state index contributed by atoms with van der Waals surface area (Å²) in [7, 11) is 0. The van der Waals surface area contributed by atoms with E-state index >= 15 is 0 Å². The summed E-state index contributed by atoms with van der Waals surface area (Å²) in [6.45, 7) is 3.42. The van der Waals surface area contributed by atoms with Gasteiger partial charge in [-0.1, -0.05) is 24.6 Å². The minimum Gasteiger partial charge on any atom is -0.481 e. The number of aromatic nitrogens is 1. The fourth-order valence-corrected chi connectivity index (χ4v) is 5.23. The van der Waals surface area contributed by atoms with Crippen molar-refractivity contribution in [2.75, 3.05) is 6.61 Å². The van der Waals surface area contributed by atoms with Crippen molar-refractivity contribution in [3.8, 4) is 5.75 Å². The van der Waals surface area contributed by atoms with Crippen LogP contribution in [0.1, 0.15) is 40.6 Å². The minimum absolute atomic E-state index is 0.419. The van der Waals surface area contributed by atoms with E-state index in [1.807, 2.05) is 13.0 Å². The van der Waals surface area contributed by atoms with Gasteiger partial charge in [-0.15, -0.1) is 11.3 Å². The number of hydrogen-bond donors (Lipinski definition) is 1. The van der Waals surface area contributed by atoms with Gasteiger partial charge < -0.3 is 14.4 Å². The highest BCUT2D eigenvalue weighted by Crippen LogP contribution is 2.38. The molecule has 2 aromatic heterocycles. The summed E-state index contributed by atoms with van der Waals surface area (Å²) in [6.07, 6.45) is -1.48. The number of carboxylic acid groups (broad SMARTS) is 1. The van der Waals surface area contributed by atoms with Crippen molar-refractivity contribution < 1.29 is 32.3 Å². The number of thiophene rings is 1. The van der Waals surface area contributed by atoms with Crippen LogP contribution in [0.2, 0.25) is 0 Å². The summed E-state index contributed by atoms with van der Waals surface area (Å²) in [5.74, 6) is -0.649. The Morgan fingerprint density at radius 2 is 1.94 bits per heavy atom. The Balaban J connectivity index is 1.61. The van der Waals surface area contributed by atoms with Gasteiger partial charge in [0.05, 0.1) is 11.3 Å². The molecule has 0 spiro atoms. The van der Waals surface area contributed by atoms with Crippen molar-refractivity contribution in [1.29, 1.82) is 0 Å². The van der Waals surface area contributed by atoms with Gasteiger partial charge >= 0.3 is 12.1 Å². The van der Waals surface area contributed by atoms with Gasteiger partial charge in [-0.3, -0.25) is 0 Å². The number of halogens is 3. The summed E-state index contributed by atoms with van der Waals surface area (Å²) < 4.78 is 50.8. The van der Waals surface area contributed by atoms with Crippen molar-refractivity contribution in [2.24, 2.45) is 0 Å². The third-order valence-electron chi connectivity index (χ3n) is 5.49. The normalized spacial score (nSPS) is 12.0. The number of hydrogen-bond acceptors (Lipinski definition) is 5. The molecule has 0 saturated heterocycles. The third kappa shape index (κ3) is 4.83. The second kappa shape index (κ2) is 9.05. The maximum Gasteiger partial charge on any atom is 0.416 e. The Hall–Kier alpha value is -3.07. The molecule has 33 heavy (non-hydrogen) atoms. The number of ether oxygens (including phenoxy) is 1. The van der Waals surface area contributed by atoms with Crippen LogP contribution in [0, 0.1) is 6.92 Å². The summed E-state index contributed by atoms with van der Waals surface area (Å²) >= 11 is 1.40. The predicted molar refractivity (Wildman–Crippen MR) is 120 cm³/mol. The van der Waals surface area contributed by atoms with Gasteiger partial charge in [0.15, 0.2) is 12.2 Å². The molecule has 174 valence electrons. The predicted octanol–water partition coefficient (Wildman–Crippen LogP) is 6.57. The second-order valence-electron chi connectivity index (χ2n) is 7.89. The van der Waals surface area contributed by atoms with E-state index in [0.29, 0.717) is 28.9 Å². The van der Waals surface area contributed by atoms with Crippen molar-refractivity contribution >= 4 is 38.4 Å². The molecule has 0 saturated carbocycles. The molecular weight excluding hydrogens is 455 g/mol. The Morgan fingerprint density at radius 1 is 1.15 bits per heavy atom. The molecule has 0 bridgehead atoms. The number of benzene rings is 2. The molecule has 0 aliphatic heterocycles. The number of rotatable bonds is 8. The van der Waals surface area contributed by atoms with E-state index < -0.39 is 24.3 Å². The van der Waals surface area contributed by atoms with Crippen LogP contribution in [-0.2, 0) is 30.2 Å². The van der Waals surface area contributed by atoms with Gasteiger partial charge in [0.2, 0.25) is 0 Å².